The molecule has 186 valence electrons. The Balaban J connectivity index is 1.57. The van der Waals surface area contributed by atoms with Gasteiger partial charge in [0.2, 0.25) is 0 Å². The van der Waals surface area contributed by atoms with Gasteiger partial charge in [-0.15, -0.1) is 0 Å². The summed E-state index contributed by atoms with van der Waals surface area (Å²) in [6.45, 7) is 0.178. The van der Waals surface area contributed by atoms with Crippen LogP contribution in [0.3, 0.4) is 0 Å². The summed E-state index contributed by atoms with van der Waals surface area (Å²) in [5.41, 5.74) is 2.30. The van der Waals surface area contributed by atoms with Gasteiger partial charge in [-0.25, -0.2) is 4.21 Å². The molecule has 6 nitrogen and oxygen atoms in total. The zero-order valence-corrected chi connectivity index (χ0v) is 21.9. The maximum Gasteiger partial charge on any atom is 0.259 e. The average Bonchev–Trinajstić information content (AvgIpc) is 2.98. The highest BCUT2D eigenvalue weighted by Gasteiger charge is 2.31. The van der Waals surface area contributed by atoms with Gasteiger partial charge in [0.1, 0.15) is 5.75 Å². The van der Waals surface area contributed by atoms with Gasteiger partial charge in [-0.05, 0) is 66.2 Å². The third kappa shape index (κ3) is 4.98. The fourth-order valence-electron chi connectivity index (χ4n) is 4.13. The number of carbonyl (C=O) groups is 2. The molecule has 0 aromatic heterocycles. The van der Waals surface area contributed by atoms with Crippen LogP contribution in [0.15, 0.2) is 94.7 Å². The Morgan fingerprint density at radius 2 is 1.76 bits per heavy atom. The number of fused-ring (bicyclic) bond motifs is 2. The second-order valence-corrected chi connectivity index (χ2v) is 10.5. The summed E-state index contributed by atoms with van der Waals surface area (Å²) < 4.78 is 18.7. The van der Waals surface area contributed by atoms with Crippen LogP contribution in [0.1, 0.15) is 26.3 Å². The maximum absolute atomic E-state index is 13.7. The molecule has 4 aromatic carbocycles. The van der Waals surface area contributed by atoms with Crippen molar-refractivity contribution >= 4 is 57.2 Å². The summed E-state index contributed by atoms with van der Waals surface area (Å²) in [6.07, 6.45) is 0. The molecule has 0 spiro atoms. The Morgan fingerprint density at radius 3 is 2.51 bits per heavy atom. The molecule has 1 heterocycles. The van der Waals surface area contributed by atoms with Crippen molar-refractivity contribution in [2.75, 3.05) is 17.3 Å². The molecule has 0 bridgehead atoms. The van der Waals surface area contributed by atoms with Gasteiger partial charge in [0.05, 0.1) is 50.5 Å². The molecule has 0 radical (unpaired) electrons. The van der Waals surface area contributed by atoms with Gasteiger partial charge in [0, 0.05) is 16.3 Å². The standard InChI is InChI=1S/C28H20Cl2N2O4S/c1-36-24-11-10-20(15-22(24)30)31-27(33)18-9-12-26-23(14-18)32(16-17-5-4-6-19(29)13-17)28(34)21-7-2-3-8-25(21)37(26)35/h2-15H,16H2,1H3,(H,31,33)/t37-/m1/s1. The van der Waals surface area contributed by atoms with Crippen LogP contribution in [0.5, 0.6) is 5.75 Å². The van der Waals surface area contributed by atoms with Crippen molar-refractivity contribution < 1.29 is 18.5 Å². The number of hydrogen-bond donors (Lipinski definition) is 1. The fourth-order valence-corrected chi connectivity index (χ4v) is 5.94. The largest absolute Gasteiger partial charge is 0.495 e. The summed E-state index contributed by atoms with van der Waals surface area (Å²) in [7, 11) is -0.121. The summed E-state index contributed by atoms with van der Waals surface area (Å²) in [6, 6.07) is 23.7. The first-order valence-electron chi connectivity index (χ1n) is 11.2. The SMILES string of the molecule is COc1ccc(NC(=O)c2ccc3c(c2)N(Cc2cccc(Cl)c2)C(=O)c2ccccc2[S@]3=O)cc1Cl. The van der Waals surface area contributed by atoms with Gasteiger partial charge >= 0.3 is 0 Å². The van der Waals surface area contributed by atoms with E-state index < -0.39 is 16.7 Å². The summed E-state index contributed by atoms with van der Waals surface area (Å²) in [5, 5.41) is 3.70. The molecule has 37 heavy (non-hydrogen) atoms. The number of anilines is 2. The van der Waals surface area contributed by atoms with Crippen LogP contribution < -0.4 is 15.0 Å². The van der Waals surface area contributed by atoms with E-state index in [1.165, 1.54) is 12.0 Å². The van der Waals surface area contributed by atoms with Crippen molar-refractivity contribution in [1.29, 1.82) is 0 Å². The second kappa shape index (κ2) is 10.4. The number of rotatable bonds is 5. The van der Waals surface area contributed by atoms with Crippen LogP contribution in [-0.4, -0.2) is 23.1 Å². The molecule has 0 fully saturated rings. The van der Waals surface area contributed by atoms with E-state index in [1.807, 2.05) is 6.07 Å². The van der Waals surface area contributed by atoms with Crippen molar-refractivity contribution in [3.05, 3.63) is 112 Å². The van der Waals surface area contributed by atoms with Gasteiger partial charge in [0.25, 0.3) is 11.8 Å². The molecule has 1 atom stereocenters. The molecular weight excluding hydrogens is 531 g/mol. The lowest BCUT2D eigenvalue weighted by molar-refractivity contribution is 0.0979. The molecule has 1 N–H and O–H groups in total. The van der Waals surface area contributed by atoms with Crippen molar-refractivity contribution in [3.8, 4) is 5.75 Å². The lowest BCUT2D eigenvalue weighted by atomic mass is 10.1. The third-order valence-electron chi connectivity index (χ3n) is 5.91. The van der Waals surface area contributed by atoms with Crippen LogP contribution in [0.25, 0.3) is 0 Å². The van der Waals surface area contributed by atoms with Crippen LogP contribution in [-0.2, 0) is 17.3 Å². The highest BCUT2D eigenvalue weighted by Crippen LogP contribution is 2.36. The minimum absolute atomic E-state index is 0.178. The predicted molar refractivity (Wildman–Crippen MR) is 145 cm³/mol. The maximum atomic E-state index is 13.7. The van der Waals surface area contributed by atoms with E-state index in [-0.39, 0.29) is 18.0 Å². The second-order valence-electron chi connectivity index (χ2n) is 8.27. The summed E-state index contributed by atoms with van der Waals surface area (Å²) >= 11 is 12.4. The Hall–Kier alpha value is -3.65. The molecule has 0 unspecified atom stereocenters. The monoisotopic (exact) mass is 550 g/mol. The number of nitrogens with one attached hydrogen (secondary N) is 1. The third-order valence-corrected chi connectivity index (χ3v) is 7.94. The first-order valence-corrected chi connectivity index (χ1v) is 13.1. The number of hydrogen-bond acceptors (Lipinski definition) is 4. The minimum Gasteiger partial charge on any atom is -0.495 e. The zero-order chi connectivity index (χ0) is 26.1. The Labute approximate surface area is 226 Å². The number of amides is 2. The van der Waals surface area contributed by atoms with Crippen LogP contribution >= 0.6 is 23.2 Å². The molecule has 5 rings (SSSR count). The first kappa shape index (κ1) is 25.0. The number of carbonyl (C=O) groups excluding carboxylic acids is 2. The van der Waals surface area contributed by atoms with E-state index in [1.54, 1.807) is 78.9 Å². The lowest BCUT2D eigenvalue weighted by Crippen LogP contribution is -2.30. The smallest absolute Gasteiger partial charge is 0.259 e. The van der Waals surface area contributed by atoms with Crippen LogP contribution in [0.4, 0.5) is 11.4 Å². The number of ether oxygens (including phenoxy) is 1. The lowest BCUT2D eigenvalue weighted by Gasteiger charge is -2.24. The molecular formula is C28H20Cl2N2O4S. The van der Waals surface area contributed by atoms with Crippen molar-refractivity contribution in [3.63, 3.8) is 0 Å². The summed E-state index contributed by atoms with van der Waals surface area (Å²) in [5.74, 6) is -0.240. The molecule has 0 saturated carbocycles. The number of methoxy groups -OCH3 is 1. The molecule has 0 saturated heterocycles. The van der Waals surface area contributed by atoms with Gasteiger partial charge in [0.15, 0.2) is 0 Å². The van der Waals surface area contributed by atoms with Crippen molar-refractivity contribution in [1.82, 2.24) is 0 Å². The molecule has 0 aliphatic carbocycles. The minimum atomic E-state index is -1.63. The van der Waals surface area contributed by atoms with Crippen LogP contribution in [0, 0.1) is 0 Å². The van der Waals surface area contributed by atoms with Crippen molar-refractivity contribution in [2.45, 2.75) is 16.3 Å². The van der Waals surface area contributed by atoms with E-state index in [0.29, 0.717) is 42.5 Å². The van der Waals surface area contributed by atoms with E-state index >= 15 is 0 Å². The van der Waals surface area contributed by atoms with E-state index in [9.17, 15) is 13.8 Å². The molecule has 4 aromatic rings. The van der Waals surface area contributed by atoms with Gasteiger partial charge in [-0.1, -0.05) is 47.5 Å². The highest BCUT2D eigenvalue weighted by atomic mass is 35.5. The number of benzene rings is 4. The quantitative estimate of drug-likeness (QED) is 0.304. The van der Waals surface area contributed by atoms with Gasteiger partial charge in [-0.2, -0.15) is 0 Å². The van der Waals surface area contributed by atoms with Gasteiger partial charge < -0.3 is 15.0 Å². The molecule has 9 heteroatoms. The number of halogens is 2. The topological polar surface area (TPSA) is 75.7 Å². The highest BCUT2D eigenvalue weighted by molar-refractivity contribution is 7.85. The van der Waals surface area contributed by atoms with E-state index in [4.69, 9.17) is 27.9 Å². The van der Waals surface area contributed by atoms with E-state index in [0.717, 1.165) is 5.56 Å². The average molecular weight is 551 g/mol. The fraction of sp³-hybridized carbons (Fsp3) is 0.0714. The first-order chi connectivity index (χ1) is 17.9. The molecule has 1 aliphatic rings. The normalized spacial score (nSPS) is 14.4. The number of nitrogens with zero attached hydrogens (tertiary/aromatic N) is 1. The zero-order valence-electron chi connectivity index (χ0n) is 19.5. The van der Waals surface area contributed by atoms with Crippen molar-refractivity contribution in [2.24, 2.45) is 0 Å². The molecule has 1 aliphatic heterocycles. The summed E-state index contributed by atoms with van der Waals surface area (Å²) in [4.78, 5) is 29.3. The van der Waals surface area contributed by atoms with Crippen LogP contribution in [0.2, 0.25) is 10.0 Å². The van der Waals surface area contributed by atoms with Gasteiger partial charge in [-0.3, -0.25) is 9.59 Å². The Bertz CT molecular complexity index is 1570. The Kier molecular flexibility index (Phi) is 7.02. The van der Waals surface area contributed by atoms with E-state index in [2.05, 4.69) is 5.32 Å². The Morgan fingerprint density at radius 1 is 0.946 bits per heavy atom. The molecule has 2 amide bonds. The predicted octanol–water partition coefficient (Wildman–Crippen LogP) is 6.58.